The highest BCUT2D eigenvalue weighted by atomic mass is 19.1. The molecule has 0 aliphatic rings. The predicted octanol–water partition coefficient (Wildman–Crippen LogP) is 3.69. The number of unbranched alkanes of at least 4 members (excludes halogenated alkanes) is 1. The smallest absolute Gasteiger partial charge is 0.131 e. The highest BCUT2D eigenvalue weighted by Gasteiger charge is 2.14. The third-order valence-electron chi connectivity index (χ3n) is 3.36. The summed E-state index contributed by atoms with van der Waals surface area (Å²) < 4.78 is 15.3. The molecule has 0 saturated heterocycles. The molecule has 2 rings (SSSR count). The van der Waals surface area contributed by atoms with E-state index in [1.54, 1.807) is 19.1 Å². The molecule has 0 bridgehead atoms. The molecule has 0 unspecified atom stereocenters. The van der Waals surface area contributed by atoms with Gasteiger partial charge in [-0.2, -0.15) is 0 Å². The van der Waals surface area contributed by atoms with Crippen LogP contribution in [0.5, 0.6) is 0 Å². The number of hydrogen-bond acceptors (Lipinski definition) is 2. The van der Waals surface area contributed by atoms with Gasteiger partial charge >= 0.3 is 0 Å². The van der Waals surface area contributed by atoms with Gasteiger partial charge < -0.3 is 10.3 Å². The van der Waals surface area contributed by atoms with Crippen molar-refractivity contribution in [3.63, 3.8) is 0 Å². The number of nitrogen functional groups attached to an aromatic ring is 1. The zero-order chi connectivity index (χ0) is 14.0. The standard InChI is InChI=1S/C15H20FN3/c1-4-5-8-19-11(3)18-14(15(19)17)12-6-7-13(16)10(2)9-12/h6-7,9H,4-5,8,17H2,1-3H3. The first-order chi connectivity index (χ1) is 9.04. The summed E-state index contributed by atoms with van der Waals surface area (Å²) >= 11 is 0. The highest BCUT2D eigenvalue weighted by Crippen LogP contribution is 2.27. The second kappa shape index (κ2) is 5.43. The Labute approximate surface area is 113 Å². The van der Waals surface area contributed by atoms with E-state index in [2.05, 4.69) is 11.9 Å². The number of rotatable bonds is 4. The second-order valence-corrected chi connectivity index (χ2v) is 4.86. The molecule has 0 aliphatic heterocycles. The number of benzene rings is 1. The van der Waals surface area contributed by atoms with Gasteiger partial charge in [-0.1, -0.05) is 13.3 Å². The van der Waals surface area contributed by atoms with Crippen LogP contribution in [0.3, 0.4) is 0 Å². The molecule has 3 nitrogen and oxygen atoms in total. The number of anilines is 1. The van der Waals surface area contributed by atoms with E-state index in [4.69, 9.17) is 5.73 Å². The molecular weight excluding hydrogens is 241 g/mol. The summed E-state index contributed by atoms with van der Waals surface area (Å²) in [6, 6.07) is 4.98. The van der Waals surface area contributed by atoms with Crippen LogP contribution in [0.1, 0.15) is 31.2 Å². The van der Waals surface area contributed by atoms with Gasteiger partial charge in [-0.05, 0) is 44.0 Å². The summed E-state index contributed by atoms with van der Waals surface area (Å²) in [5, 5.41) is 0. The minimum atomic E-state index is -0.204. The third-order valence-corrected chi connectivity index (χ3v) is 3.36. The van der Waals surface area contributed by atoms with Crippen LogP contribution in [0.2, 0.25) is 0 Å². The van der Waals surface area contributed by atoms with E-state index in [1.165, 1.54) is 6.07 Å². The number of nitrogens with two attached hydrogens (primary N) is 1. The first-order valence-corrected chi connectivity index (χ1v) is 6.63. The van der Waals surface area contributed by atoms with Gasteiger partial charge in [0.05, 0.1) is 0 Å². The third kappa shape index (κ3) is 2.62. The van der Waals surface area contributed by atoms with Crippen LogP contribution >= 0.6 is 0 Å². The van der Waals surface area contributed by atoms with Crippen LogP contribution in [0, 0.1) is 19.7 Å². The predicted molar refractivity (Wildman–Crippen MR) is 76.4 cm³/mol. The van der Waals surface area contributed by atoms with Crippen molar-refractivity contribution in [2.24, 2.45) is 0 Å². The summed E-state index contributed by atoms with van der Waals surface area (Å²) in [5.74, 6) is 1.37. The maximum absolute atomic E-state index is 13.3. The van der Waals surface area contributed by atoms with Gasteiger partial charge in [0.25, 0.3) is 0 Å². The van der Waals surface area contributed by atoms with Crippen molar-refractivity contribution in [1.29, 1.82) is 0 Å². The van der Waals surface area contributed by atoms with Crippen LogP contribution < -0.4 is 5.73 Å². The van der Waals surface area contributed by atoms with E-state index in [9.17, 15) is 4.39 Å². The zero-order valence-electron chi connectivity index (χ0n) is 11.7. The molecule has 4 heteroatoms. The maximum Gasteiger partial charge on any atom is 0.131 e. The second-order valence-electron chi connectivity index (χ2n) is 4.86. The van der Waals surface area contributed by atoms with Crippen molar-refractivity contribution in [1.82, 2.24) is 9.55 Å². The Balaban J connectivity index is 2.42. The molecule has 19 heavy (non-hydrogen) atoms. The lowest BCUT2D eigenvalue weighted by Crippen LogP contribution is -2.05. The van der Waals surface area contributed by atoms with E-state index in [0.29, 0.717) is 11.4 Å². The van der Waals surface area contributed by atoms with Gasteiger partial charge in [0.1, 0.15) is 23.2 Å². The van der Waals surface area contributed by atoms with Gasteiger partial charge in [-0.3, -0.25) is 0 Å². The molecule has 0 aliphatic carbocycles. The fraction of sp³-hybridized carbons (Fsp3) is 0.400. The van der Waals surface area contributed by atoms with Crippen molar-refractivity contribution < 1.29 is 4.39 Å². The van der Waals surface area contributed by atoms with Crippen LogP contribution in [-0.4, -0.2) is 9.55 Å². The summed E-state index contributed by atoms with van der Waals surface area (Å²) in [6.45, 7) is 6.72. The largest absolute Gasteiger partial charge is 0.383 e. The summed E-state index contributed by atoms with van der Waals surface area (Å²) in [5.41, 5.74) is 8.40. The van der Waals surface area contributed by atoms with Gasteiger partial charge in [0.2, 0.25) is 0 Å². The molecule has 2 N–H and O–H groups in total. The fourth-order valence-corrected chi connectivity index (χ4v) is 2.18. The average molecular weight is 261 g/mol. The topological polar surface area (TPSA) is 43.8 Å². The molecule has 0 amide bonds. The lowest BCUT2D eigenvalue weighted by molar-refractivity contribution is 0.618. The van der Waals surface area contributed by atoms with E-state index in [1.807, 2.05) is 11.5 Å². The van der Waals surface area contributed by atoms with Crippen LogP contribution in [0.25, 0.3) is 11.3 Å². The zero-order valence-corrected chi connectivity index (χ0v) is 11.7. The number of hydrogen-bond donors (Lipinski definition) is 1. The van der Waals surface area contributed by atoms with Crippen LogP contribution in [0.15, 0.2) is 18.2 Å². The Hall–Kier alpha value is -1.84. The molecule has 102 valence electrons. The van der Waals surface area contributed by atoms with E-state index in [0.717, 1.165) is 36.5 Å². The fourth-order valence-electron chi connectivity index (χ4n) is 2.18. The monoisotopic (exact) mass is 261 g/mol. The Morgan fingerprint density at radius 3 is 2.68 bits per heavy atom. The van der Waals surface area contributed by atoms with Gasteiger partial charge in [-0.25, -0.2) is 9.37 Å². The Morgan fingerprint density at radius 2 is 2.05 bits per heavy atom. The normalized spacial score (nSPS) is 10.9. The first-order valence-electron chi connectivity index (χ1n) is 6.63. The Morgan fingerprint density at radius 1 is 1.32 bits per heavy atom. The van der Waals surface area contributed by atoms with Crippen molar-refractivity contribution in [3.05, 3.63) is 35.4 Å². The van der Waals surface area contributed by atoms with Crippen molar-refractivity contribution in [3.8, 4) is 11.3 Å². The maximum atomic E-state index is 13.3. The summed E-state index contributed by atoms with van der Waals surface area (Å²) in [4.78, 5) is 4.52. The molecule has 0 fully saturated rings. The number of nitrogens with zero attached hydrogens (tertiary/aromatic N) is 2. The lowest BCUT2D eigenvalue weighted by Gasteiger charge is -2.07. The quantitative estimate of drug-likeness (QED) is 0.912. The van der Waals surface area contributed by atoms with Crippen molar-refractivity contribution in [2.45, 2.75) is 40.2 Å². The number of halogens is 1. The lowest BCUT2D eigenvalue weighted by atomic mass is 10.1. The van der Waals surface area contributed by atoms with Crippen LogP contribution in [-0.2, 0) is 6.54 Å². The van der Waals surface area contributed by atoms with E-state index >= 15 is 0 Å². The number of aromatic nitrogens is 2. The Kier molecular flexibility index (Phi) is 3.88. The summed E-state index contributed by atoms with van der Waals surface area (Å²) in [7, 11) is 0. The average Bonchev–Trinajstić information content (AvgIpc) is 2.66. The van der Waals surface area contributed by atoms with E-state index < -0.39 is 0 Å². The molecule has 1 heterocycles. The minimum absolute atomic E-state index is 0.204. The molecule has 0 spiro atoms. The van der Waals surface area contributed by atoms with Crippen LogP contribution in [0.4, 0.5) is 10.2 Å². The molecule has 0 radical (unpaired) electrons. The SMILES string of the molecule is CCCCn1c(C)nc(-c2ccc(F)c(C)c2)c1N. The molecule has 2 aromatic rings. The summed E-state index contributed by atoms with van der Waals surface area (Å²) in [6.07, 6.45) is 2.19. The molecule has 1 aromatic carbocycles. The molecule has 0 saturated carbocycles. The van der Waals surface area contributed by atoms with Crippen molar-refractivity contribution in [2.75, 3.05) is 5.73 Å². The molecule has 0 atom stereocenters. The molecular formula is C15H20FN3. The van der Waals surface area contributed by atoms with Gasteiger partial charge in [-0.15, -0.1) is 0 Å². The molecule has 1 aromatic heterocycles. The Bertz CT molecular complexity index is 587. The van der Waals surface area contributed by atoms with Crippen molar-refractivity contribution >= 4 is 5.82 Å². The van der Waals surface area contributed by atoms with Gasteiger partial charge in [0.15, 0.2) is 0 Å². The van der Waals surface area contributed by atoms with Gasteiger partial charge in [0, 0.05) is 12.1 Å². The first kappa shape index (κ1) is 13.6. The number of imidazole rings is 1. The van der Waals surface area contributed by atoms with E-state index in [-0.39, 0.29) is 5.82 Å². The minimum Gasteiger partial charge on any atom is -0.383 e. The number of aryl methyl sites for hydroxylation is 2. The highest BCUT2D eigenvalue weighted by molar-refractivity contribution is 5.71.